The number of ether oxygens (including phenoxy) is 1. The smallest absolute Gasteiger partial charge is 0.328 e. The van der Waals surface area contributed by atoms with Gasteiger partial charge in [0.2, 0.25) is 11.8 Å². The van der Waals surface area contributed by atoms with Crippen LogP contribution in [0, 0.1) is 13.8 Å². The molecular weight excluding hydrogens is 510 g/mol. The fraction of sp³-hybridized carbons (Fsp3) is 0.444. The second-order valence-electron chi connectivity index (χ2n) is 10.00. The van der Waals surface area contributed by atoms with E-state index in [1.165, 1.54) is 0 Å². The van der Waals surface area contributed by atoms with E-state index in [9.17, 15) is 22.8 Å². The van der Waals surface area contributed by atoms with Crippen LogP contribution >= 0.6 is 0 Å². The molecule has 0 aliphatic heterocycles. The third-order valence-corrected chi connectivity index (χ3v) is 6.69. The molecule has 1 atom stereocenters. The highest BCUT2D eigenvalue weighted by molar-refractivity contribution is 7.85. The third kappa shape index (κ3) is 10.2. The van der Waals surface area contributed by atoms with Crippen molar-refractivity contribution in [3.63, 3.8) is 0 Å². The average Bonchev–Trinajstić information content (AvgIpc) is 2.79. The molecule has 0 unspecified atom stereocenters. The Hall–Kier alpha value is -3.28. The number of amides is 2. The summed E-state index contributed by atoms with van der Waals surface area (Å²) in [5.41, 5.74) is 8.70. The molecule has 2 amide bonds. The van der Waals surface area contributed by atoms with Crippen LogP contribution in [0.4, 0.5) is 0 Å². The molecule has 0 saturated carbocycles. The van der Waals surface area contributed by atoms with Crippen LogP contribution in [0.15, 0.2) is 42.5 Å². The molecule has 38 heavy (non-hydrogen) atoms. The van der Waals surface area contributed by atoms with Gasteiger partial charge in [-0.1, -0.05) is 50.2 Å². The van der Waals surface area contributed by atoms with Gasteiger partial charge < -0.3 is 21.1 Å². The van der Waals surface area contributed by atoms with Crippen molar-refractivity contribution >= 4 is 27.9 Å². The summed E-state index contributed by atoms with van der Waals surface area (Å²) < 4.78 is 35.9. The molecule has 0 spiro atoms. The molecule has 208 valence electrons. The maximum Gasteiger partial charge on any atom is 0.328 e. The van der Waals surface area contributed by atoms with Crippen molar-refractivity contribution in [2.45, 2.75) is 58.4 Å². The second kappa shape index (κ2) is 13.5. The maximum absolute atomic E-state index is 12.9. The molecule has 2 rings (SSSR count). The van der Waals surface area contributed by atoms with Crippen molar-refractivity contribution in [3.05, 3.63) is 64.7 Å². The van der Waals surface area contributed by atoms with E-state index >= 15 is 0 Å². The number of carbonyl (C=O) groups excluding carboxylic acids is 3. The quantitative estimate of drug-likeness (QED) is 0.128. The van der Waals surface area contributed by atoms with Crippen molar-refractivity contribution in [2.24, 2.45) is 5.73 Å². The number of hydrogen-bond acceptors (Lipinski definition) is 7. The van der Waals surface area contributed by atoms with Gasteiger partial charge in [0, 0.05) is 23.9 Å². The lowest BCUT2D eigenvalue weighted by molar-refractivity contribution is -0.135. The fourth-order valence-electron chi connectivity index (χ4n) is 4.29. The largest absolute Gasteiger partial charge is 0.425 e. The number of rotatable bonds is 13. The molecule has 5 N–H and O–H groups in total. The minimum absolute atomic E-state index is 0.00750. The monoisotopic (exact) mass is 547 g/mol. The number of aryl methyl sites for hydroxylation is 2. The summed E-state index contributed by atoms with van der Waals surface area (Å²) in [5.74, 6) is -1.58. The summed E-state index contributed by atoms with van der Waals surface area (Å²) in [6.07, 6.45) is 0.381. The predicted octanol–water partition coefficient (Wildman–Crippen LogP) is 1.96. The Morgan fingerprint density at radius 3 is 2.34 bits per heavy atom. The minimum atomic E-state index is -4.09. The van der Waals surface area contributed by atoms with E-state index in [2.05, 4.69) is 10.6 Å². The van der Waals surface area contributed by atoms with Crippen molar-refractivity contribution in [1.29, 1.82) is 0 Å². The van der Waals surface area contributed by atoms with Gasteiger partial charge in [-0.15, -0.1) is 0 Å². The molecule has 0 fully saturated rings. The van der Waals surface area contributed by atoms with E-state index in [1.54, 1.807) is 6.07 Å². The van der Waals surface area contributed by atoms with Crippen LogP contribution in [0.2, 0.25) is 0 Å². The number of hydrogen-bond donors (Lipinski definition) is 4. The molecular formula is C27H37N3O7S. The maximum atomic E-state index is 12.9. The van der Waals surface area contributed by atoms with E-state index < -0.39 is 39.2 Å². The Morgan fingerprint density at radius 2 is 1.71 bits per heavy atom. The summed E-state index contributed by atoms with van der Waals surface area (Å²) in [4.78, 5) is 37.5. The zero-order valence-electron chi connectivity index (χ0n) is 22.2. The van der Waals surface area contributed by atoms with Crippen LogP contribution in [-0.4, -0.2) is 55.6 Å². The van der Waals surface area contributed by atoms with Gasteiger partial charge in [-0.2, -0.15) is 8.42 Å². The molecule has 0 radical (unpaired) electrons. The SMILES string of the molecule is Cc1cc(C)c(C(C)(C)CC(=O)NCC(=O)NCCCS(=O)(=O)O)c(OC(=O)[C@@H](N)Cc2ccccc2)c1. The van der Waals surface area contributed by atoms with Crippen molar-refractivity contribution in [3.8, 4) is 5.75 Å². The topological polar surface area (TPSA) is 165 Å². The zero-order chi connectivity index (χ0) is 28.5. The average molecular weight is 548 g/mol. The molecule has 0 aromatic heterocycles. The number of benzene rings is 2. The van der Waals surface area contributed by atoms with Gasteiger partial charge in [-0.25, -0.2) is 4.79 Å². The molecule has 11 heteroatoms. The van der Waals surface area contributed by atoms with Gasteiger partial charge in [0.15, 0.2) is 0 Å². The molecule has 2 aromatic rings. The predicted molar refractivity (Wildman–Crippen MR) is 144 cm³/mol. The zero-order valence-corrected chi connectivity index (χ0v) is 23.1. The van der Waals surface area contributed by atoms with Gasteiger partial charge in [0.1, 0.15) is 11.8 Å². The first-order valence-corrected chi connectivity index (χ1v) is 13.9. The Morgan fingerprint density at radius 1 is 1.05 bits per heavy atom. The Kier molecular flexibility index (Phi) is 11.0. The highest BCUT2D eigenvalue weighted by atomic mass is 32.2. The number of nitrogens with one attached hydrogen (secondary N) is 2. The molecule has 0 heterocycles. The van der Waals surface area contributed by atoms with Crippen LogP contribution in [0.25, 0.3) is 0 Å². The summed E-state index contributed by atoms with van der Waals surface area (Å²) >= 11 is 0. The first-order chi connectivity index (χ1) is 17.7. The lowest BCUT2D eigenvalue weighted by Gasteiger charge is -2.29. The summed E-state index contributed by atoms with van der Waals surface area (Å²) in [6, 6.07) is 12.2. The van der Waals surface area contributed by atoms with Gasteiger partial charge >= 0.3 is 5.97 Å². The van der Waals surface area contributed by atoms with E-state index in [0.717, 1.165) is 16.7 Å². The summed E-state index contributed by atoms with van der Waals surface area (Å²) in [6.45, 7) is 7.21. The fourth-order valence-corrected chi connectivity index (χ4v) is 4.80. The van der Waals surface area contributed by atoms with Gasteiger partial charge in [0.25, 0.3) is 10.1 Å². The van der Waals surface area contributed by atoms with E-state index in [0.29, 0.717) is 17.7 Å². The van der Waals surface area contributed by atoms with Crippen LogP contribution in [0.1, 0.15) is 48.9 Å². The number of carbonyl (C=O) groups is 3. The van der Waals surface area contributed by atoms with E-state index in [-0.39, 0.29) is 31.8 Å². The van der Waals surface area contributed by atoms with Crippen LogP contribution in [0.3, 0.4) is 0 Å². The molecule has 0 aliphatic carbocycles. The highest BCUT2D eigenvalue weighted by Crippen LogP contribution is 2.38. The van der Waals surface area contributed by atoms with Gasteiger partial charge in [-0.05, 0) is 49.4 Å². The third-order valence-electron chi connectivity index (χ3n) is 5.88. The molecule has 0 aliphatic rings. The van der Waals surface area contributed by atoms with Crippen LogP contribution in [0.5, 0.6) is 5.75 Å². The molecule has 0 saturated heterocycles. The van der Waals surface area contributed by atoms with Crippen LogP contribution in [-0.2, 0) is 36.3 Å². The Bertz CT molecular complexity index is 1240. The molecule has 10 nitrogen and oxygen atoms in total. The van der Waals surface area contributed by atoms with E-state index in [1.807, 2.05) is 64.1 Å². The standard InChI is InChI=1S/C27H37N3O7S/c1-18-13-19(2)25(22(14-18)37-26(33)21(28)15-20-9-6-5-7-10-20)27(3,4)16-23(31)30-17-24(32)29-11-8-12-38(34,35)36/h5-7,9-10,13-14,21H,8,11-12,15-17,28H2,1-4H3,(H,29,32)(H,30,31)(H,34,35,36)/t21-/m0/s1. The Balaban J connectivity index is 2.04. The van der Waals surface area contributed by atoms with Crippen molar-refractivity contribution in [2.75, 3.05) is 18.8 Å². The van der Waals surface area contributed by atoms with Crippen molar-refractivity contribution in [1.82, 2.24) is 10.6 Å². The highest BCUT2D eigenvalue weighted by Gasteiger charge is 2.31. The number of esters is 1. The molecule has 0 bridgehead atoms. The van der Waals surface area contributed by atoms with Gasteiger partial charge in [-0.3, -0.25) is 14.1 Å². The van der Waals surface area contributed by atoms with Crippen LogP contribution < -0.4 is 21.1 Å². The molecule has 2 aromatic carbocycles. The Labute approximate surface area is 224 Å². The summed E-state index contributed by atoms with van der Waals surface area (Å²) in [5, 5.41) is 5.04. The second-order valence-corrected chi connectivity index (χ2v) is 11.6. The number of nitrogens with two attached hydrogens (primary N) is 1. The minimum Gasteiger partial charge on any atom is -0.425 e. The first kappa shape index (κ1) is 30.9. The normalized spacial score (nSPS) is 12.5. The lowest BCUT2D eigenvalue weighted by atomic mass is 9.78. The van der Waals surface area contributed by atoms with E-state index in [4.69, 9.17) is 15.0 Å². The van der Waals surface area contributed by atoms with Gasteiger partial charge in [0.05, 0.1) is 12.3 Å². The van der Waals surface area contributed by atoms with Crippen molar-refractivity contribution < 1.29 is 32.1 Å². The summed E-state index contributed by atoms with van der Waals surface area (Å²) in [7, 11) is -4.09. The first-order valence-electron chi connectivity index (χ1n) is 12.3. The lowest BCUT2D eigenvalue weighted by Crippen LogP contribution is -2.40.